The molecule has 0 aliphatic carbocycles. The SMILES string of the molecule is COc1cccc2ccc(-c3ccc(NC(=O)c4ccnn4C)c(C)c3)nc12. The number of amides is 1. The molecule has 0 aliphatic heterocycles. The predicted molar refractivity (Wildman–Crippen MR) is 110 cm³/mol. The molecule has 4 rings (SSSR count). The Bertz CT molecular complexity index is 1180. The Kier molecular flexibility index (Phi) is 4.53. The average molecular weight is 372 g/mol. The lowest BCUT2D eigenvalue weighted by molar-refractivity contribution is 0.101. The molecule has 0 aliphatic rings. The van der Waals surface area contributed by atoms with Crippen LogP contribution < -0.4 is 10.1 Å². The molecule has 140 valence electrons. The minimum atomic E-state index is -0.190. The van der Waals surface area contributed by atoms with Gasteiger partial charge >= 0.3 is 0 Å². The summed E-state index contributed by atoms with van der Waals surface area (Å²) in [7, 11) is 3.39. The lowest BCUT2D eigenvalue weighted by atomic mass is 10.1. The molecule has 0 spiro atoms. The van der Waals surface area contributed by atoms with Crippen molar-refractivity contribution >= 4 is 22.5 Å². The zero-order valence-corrected chi connectivity index (χ0v) is 15.9. The van der Waals surface area contributed by atoms with Gasteiger partial charge in [-0.1, -0.05) is 24.3 Å². The number of pyridine rings is 1. The van der Waals surface area contributed by atoms with E-state index in [0.717, 1.165) is 39.2 Å². The fourth-order valence-corrected chi connectivity index (χ4v) is 3.19. The predicted octanol–water partition coefficient (Wildman–Crippen LogP) is 4.20. The molecule has 0 radical (unpaired) electrons. The molecule has 1 amide bonds. The van der Waals surface area contributed by atoms with Gasteiger partial charge in [-0.05, 0) is 42.8 Å². The third-order valence-corrected chi connectivity index (χ3v) is 4.73. The first-order valence-electron chi connectivity index (χ1n) is 8.91. The highest BCUT2D eigenvalue weighted by molar-refractivity contribution is 6.03. The zero-order valence-electron chi connectivity index (χ0n) is 15.9. The van der Waals surface area contributed by atoms with Gasteiger partial charge in [-0.15, -0.1) is 0 Å². The summed E-state index contributed by atoms with van der Waals surface area (Å²) in [6, 6.07) is 17.4. The number of hydrogen-bond donors (Lipinski definition) is 1. The largest absolute Gasteiger partial charge is 0.494 e. The molecule has 1 N–H and O–H groups in total. The first kappa shape index (κ1) is 17.7. The van der Waals surface area contributed by atoms with Crippen molar-refractivity contribution in [3.63, 3.8) is 0 Å². The number of ether oxygens (including phenoxy) is 1. The first-order chi connectivity index (χ1) is 13.6. The van der Waals surface area contributed by atoms with E-state index >= 15 is 0 Å². The van der Waals surface area contributed by atoms with Gasteiger partial charge in [0.1, 0.15) is 17.0 Å². The Balaban J connectivity index is 1.65. The Morgan fingerprint density at radius 2 is 1.96 bits per heavy atom. The van der Waals surface area contributed by atoms with Crippen molar-refractivity contribution in [1.29, 1.82) is 0 Å². The number of carbonyl (C=O) groups excluding carboxylic acids is 1. The van der Waals surface area contributed by atoms with Crippen molar-refractivity contribution in [3.8, 4) is 17.0 Å². The maximum atomic E-state index is 12.4. The van der Waals surface area contributed by atoms with E-state index < -0.39 is 0 Å². The topological polar surface area (TPSA) is 69.0 Å². The fourth-order valence-electron chi connectivity index (χ4n) is 3.19. The smallest absolute Gasteiger partial charge is 0.273 e. The van der Waals surface area contributed by atoms with Crippen LogP contribution in [0.15, 0.2) is 60.8 Å². The van der Waals surface area contributed by atoms with Crippen LogP contribution in [-0.4, -0.2) is 27.8 Å². The number of hydrogen-bond acceptors (Lipinski definition) is 4. The van der Waals surface area contributed by atoms with Crippen LogP contribution in [0.1, 0.15) is 16.1 Å². The number of aromatic nitrogens is 3. The third-order valence-electron chi connectivity index (χ3n) is 4.73. The summed E-state index contributed by atoms with van der Waals surface area (Å²) < 4.78 is 6.98. The van der Waals surface area contributed by atoms with Crippen molar-refractivity contribution in [1.82, 2.24) is 14.8 Å². The molecule has 0 bridgehead atoms. The molecule has 2 heterocycles. The van der Waals surface area contributed by atoms with Crippen LogP contribution in [0.3, 0.4) is 0 Å². The third kappa shape index (κ3) is 3.20. The number of aryl methyl sites for hydroxylation is 2. The Labute approximate surface area is 162 Å². The Morgan fingerprint density at radius 3 is 2.68 bits per heavy atom. The van der Waals surface area contributed by atoms with Gasteiger partial charge in [0.2, 0.25) is 0 Å². The van der Waals surface area contributed by atoms with Gasteiger partial charge in [0, 0.05) is 29.9 Å². The van der Waals surface area contributed by atoms with Gasteiger partial charge in [0.05, 0.1) is 12.8 Å². The lowest BCUT2D eigenvalue weighted by Gasteiger charge is -2.11. The number of nitrogens with zero attached hydrogens (tertiary/aromatic N) is 3. The van der Waals surface area contributed by atoms with Crippen molar-refractivity contribution in [2.24, 2.45) is 7.05 Å². The first-order valence-corrected chi connectivity index (χ1v) is 8.91. The van der Waals surface area contributed by atoms with E-state index in [-0.39, 0.29) is 5.91 Å². The molecule has 0 atom stereocenters. The van der Waals surface area contributed by atoms with Gasteiger partial charge < -0.3 is 10.1 Å². The highest BCUT2D eigenvalue weighted by atomic mass is 16.5. The van der Waals surface area contributed by atoms with Gasteiger partial charge in [0.15, 0.2) is 0 Å². The van der Waals surface area contributed by atoms with Crippen LogP contribution in [0, 0.1) is 6.92 Å². The van der Waals surface area contributed by atoms with Crippen molar-refractivity contribution in [2.45, 2.75) is 6.92 Å². The molecule has 0 fully saturated rings. The zero-order chi connectivity index (χ0) is 19.7. The van der Waals surface area contributed by atoms with E-state index in [9.17, 15) is 4.79 Å². The van der Waals surface area contributed by atoms with Crippen molar-refractivity contribution < 1.29 is 9.53 Å². The number of methoxy groups -OCH3 is 1. The molecule has 0 saturated heterocycles. The van der Waals surface area contributed by atoms with Crippen LogP contribution in [0.5, 0.6) is 5.75 Å². The second-order valence-corrected chi connectivity index (χ2v) is 6.55. The van der Waals surface area contributed by atoms with Gasteiger partial charge in [-0.2, -0.15) is 5.10 Å². The molecule has 0 unspecified atom stereocenters. The molecule has 0 saturated carbocycles. The summed E-state index contributed by atoms with van der Waals surface area (Å²) in [6.07, 6.45) is 1.60. The number of fused-ring (bicyclic) bond motifs is 1. The molecule has 4 aromatic rings. The van der Waals surface area contributed by atoms with Crippen molar-refractivity contribution in [3.05, 3.63) is 72.1 Å². The van der Waals surface area contributed by atoms with E-state index in [1.807, 2.05) is 55.5 Å². The van der Waals surface area contributed by atoms with Crippen LogP contribution >= 0.6 is 0 Å². The summed E-state index contributed by atoms with van der Waals surface area (Å²) in [6.45, 7) is 1.96. The fraction of sp³-hybridized carbons (Fsp3) is 0.136. The minimum Gasteiger partial charge on any atom is -0.494 e. The number of rotatable bonds is 4. The maximum Gasteiger partial charge on any atom is 0.273 e. The summed E-state index contributed by atoms with van der Waals surface area (Å²) in [5, 5.41) is 8.00. The molecule has 2 aromatic heterocycles. The molecular formula is C22H20N4O2. The van der Waals surface area contributed by atoms with E-state index in [0.29, 0.717) is 5.69 Å². The van der Waals surface area contributed by atoms with Crippen LogP contribution in [0.4, 0.5) is 5.69 Å². The minimum absolute atomic E-state index is 0.190. The van der Waals surface area contributed by atoms with E-state index in [2.05, 4.69) is 10.4 Å². The van der Waals surface area contributed by atoms with Crippen molar-refractivity contribution in [2.75, 3.05) is 12.4 Å². The van der Waals surface area contributed by atoms with Gasteiger partial charge in [-0.3, -0.25) is 9.48 Å². The highest BCUT2D eigenvalue weighted by Crippen LogP contribution is 2.29. The summed E-state index contributed by atoms with van der Waals surface area (Å²) in [4.78, 5) is 17.2. The number of carbonyl (C=O) groups is 1. The number of nitrogens with one attached hydrogen (secondary N) is 1. The highest BCUT2D eigenvalue weighted by Gasteiger charge is 2.12. The van der Waals surface area contributed by atoms with Gasteiger partial charge in [0.25, 0.3) is 5.91 Å². The van der Waals surface area contributed by atoms with Crippen LogP contribution in [0.25, 0.3) is 22.2 Å². The number of para-hydroxylation sites is 1. The normalized spacial score (nSPS) is 10.8. The molecule has 6 heteroatoms. The van der Waals surface area contributed by atoms with Gasteiger partial charge in [-0.25, -0.2) is 4.98 Å². The second-order valence-electron chi connectivity index (χ2n) is 6.55. The Hall–Kier alpha value is -3.67. The Morgan fingerprint density at radius 1 is 1.11 bits per heavy atom. The second kappa shape index (κ2) is 7.15. The summed E-state index contributed by atoms with van der Waals surface area (Å²) in [5.74, 6) is 0.556. The van der Waals surface area contributed by atoms with Crippen LogP contribution in [-0.2, 0) is 7.05 Å². The lowest BCUT2D eigenvalue weighted by Crippen LogP contribution is -2.16. The number of anilines is 1. The van der Waals surface area contributed by atoms with Crippen LogP contribution in [0.2, 0.25) is 0 Å². The summed E-state index contributed by atoms with van der Waals surface area (Å²) in [5.41, 5.74) is 4.87. The maximum absolute atomic E-state index is 12.4. The van der Waals surface area contributed by atoms with E-state index in [1.54, 1.807) is 31.1 Å². The average Bonchev–Trinajstić information content (AvgIpc) is 3.14. The molecule has 6 nitrogen and oxygen atoms in total. The number of benzene rings is 2. The van der Waals surface area contributed by atoms with E-state index in [4.69, 9.17) is 9.72 Å². The molecule has 2 aromatic carbocycles. The summed E-state index contributed by atoms with van der Waals surface area (Å²) >= 11 is 0. The molecular weight excluding hydrogens is 352 g/mol. The quantitative estimate of drug-likeness (QED) is 0.583. The monoisotopic (exact) mass is 372 g/mol. The standard InChI is InChI=1S/C22H20N4O2/c1-14-13-16(8-9-17(14)25-22(27)19-11-12-23-26(19)2)18-10-7-15-5-4-6-20(28-3)21(15)24-18/h4-13H,1-3H3,(H,25,27). The van der Waals surface area contributed by atoms with E-state index in [1.165, 1.54) is 0 Å². The molecule has 28 heavy (non-hydrogen) atoms.